The number of rotatable bonds is 8. The molecule has 0 heterocycles. The Kier molecular flexibility index (Phi) is 7.36. The molecule has 1 aliphatic rings. The molecule has 8 heteroatoms. The predicted molar refractivity (Wildman–Crippen MR) is 134 cm³/mol. The number of carboxylic acids is 1. The van der Waals surface area contributed by atoms with E-state index in [-0.39, 0.29) is 35.2 Å². The third-order valence-electron chi connectivity index (χ3n) is 6.06. The number of hydrogen-bond donors (Lipinski definition) is 3. The first-order chi connectivity index (χ1) is 16.9. The van der Waals surface area contributed by atoms with E-state index in [1.54, 1.807) is 6.92 Å². The molecule has 0 bridgehead atoms. The molecular weight excluding hydrogens is 468 g/mol. The van der Waals surface area contributed by atoms with Crippen molar-refractivity contribution in [1.29, 1.82) is 0 Å². The summed E-state index contributed by atoms with van der Waals surface area (Å²) in [5, 5.41) is 14.5. The Bertz CT molecular complexity index is 1230. The summed E-state index contributed by atoms with van der Waals surface area (Å²) in [6.07, 6.45) is -0.402. The molecule has 0 aliphatic heterocycles. The van der Waals surface area contributed by atoms with Crippen LogP contribution >= 0.6 is 11.6 Å². The van der Waals surface area contributed by atoms with Gasteiger partial charge in [0.1, 0.15) is 6.61 Å². The molecule has 0 saturated heterocycles. The van der Waals surface area contributed by atoms with Gasteiger partial charge in [-0.05, 0) is 46.9 Å². The van der Waals surface area contributed by atoms with Gasteiger partial charge >= 0.3 is 12.1 Å². The number of carbonyl (C=O) groups excluding carboxylic acids is 2. The van der Waals surface area contributed by atoms with Gasteiger partial charge in [0.2, 0.25) is 0 Å². The Morgan fingerprint density at radius 2 is 1.63 bits per heavy atom. The molecule has 0 radical (unpaired) electrons. The van der Waals surface area contributed by atoms with Crippen LogP contribution in [0.2, 0.25) is 5.02 Å². The quantitative estimate of drug-likeness (QED) is 0.375. The molecule has 4 rings (SSSR count). The average Bonchev–Trinajstić information content (AvgIpc) is 3.17. The van der Waals surface area contributed by atoms with E-state index in [1.807, 2.05) is 36.4 Å². The Balaban J connectivity index is 1.43. The van der Waals surface area contributed by atoms with Crippen LogP contribution in [0.1, 0.15) is 47.2 Å². The summed E-state index contributed by atoms with van der Waals surface area (Å²) < 4.78 is 5.55. The zero-order valence-electron chi connectivity index (χ0n) is 19.1. The summed E-state index contributed by atoms with van der Waals surface area (Å²) in [5.74, 6) is -1.53. The summed E-state index contributed by atoms with van der Waals surface area (Å²) >= 11 is 6.23. The number of hydrogen-bond acceptors (Lipinski definition) is 4. The lowest BCUT2D eigenvalue weighted by Gasteiger charge is -2.16. The molecule has 1 atom stereocenters. The first-order valence-electron chi connectivity index (χ1n) is 11.3. The summed E-state index contributed by atoms with van der Waals surface area (Å²) in [6, 6.07) is 20.0. The number of carbonyl (C=O) groups is 3. The summed E-state index contributed by atoms with van der Waals surface area (Å²) in [5.41, 5.74) is 4.93. The van der Waals surface area contributed by atoms with Gasteiger partial charge in [0.25, 0.3) is 5.91 Å². The maximum absolute atomic E-state index is 12.6. The molecule has 1 aliphatic carbocycles. The number of nitrogens with one attached hydrogen (secondary N) is 2. The van der Waals surface area contributed by atoms with E-state index in [9.17, 15) is 14.4 Å². The monoisotopic (exact) mass is 492 g/mol. The molecule has 1 unspecified atom stereocenters. The number of ether oxygens (including phenoxy) is 1. The van der Waals surface area contributed by atoms with E-state index in [2.05, 4.69) is 22.8 Å². The summed E-state index contributed by atoms with van der Waals surface area (Å²) in [7, 11) is 0. The number of anilines is 1. The molecule has 3 aromatic carbocycles. The first kappa shape index (κ1) is 24.3. The highest BCUT2D eigenvalue weighted by Gasteiger charge is 2.29. The van der Waals surface area contributed by atoms with Gasteiger partial charge in [0.05, 0.1) is 17.1 Å². The van der Waals surface area contributed by atoms with Crippen LogP contribution in [0.3, 0.4) is 0 Å². The SMILES string of the molecule is CCC(CC(=O)O)NC(=O)c1ccc(Cl)c(NC(=O)OCC2c3ccccc3-c3ccccc32)c1. The highest BCUT2D eigenvalue weighted by molar-refractivity contribution is 6.33. The van der Waals surface area contributed by atoms with Crippen LogP contribution in [-0.2, 0) is 9.53 Å². The molecule has 35 heavy (non-hydrogen) atoms. The number of aliphatic carboxylic acids is 1. The van der Waals surface area contributed by atoms with Gasteiger partial charge in [-0.3, -0.25) is 14.9 Å². The Hall–Kier alpha value is -3.84. The van der Waals surface area contributed by atoms with Crippen molar-refractivity contribution in [3.63, 3.8) is 0 Å². The van der Waals surface area contributed by atoms with Crippen LogP contribution in [-0.4, -0.2) is 35.7 Å². The molecule has 0 fully saturated rings. The summed E-state index contributed by atoms with van der Waals surface area (Å²) in [4.78, 5) is 36.2. The zero-order chi connectivity index (χ0) is 24.9. The third kappa shape index (κ3) is 5.46. The molecule has 3 aromatic rings. The van der Waals surface area contributed by atoms with Crippen molar-refractivity contribution in [2.75, 3.05) is 11.9 Å². The van der Waals surface area contributed by atoms with Crippen LogP contribution in [0.4, 0.5) is 10.5 Å². The van der Waals surface area contributed by atoms with Crippen LogP contribution in [0.15, 0.2) is 66.7 Å². The molecule has 0 saturated carbocycles. The Morgan fingerprint density at radius 1 is 1.00 bits per heavy atom. The van der Waals surface area contributed by atoms with Crippen LogP contribution in [0.5, 0.6) is 0 Å². The van der Waals surface area contributed by atoms with Gasteiger partial charge in [-0.15, -0.1) is 0 Å². The molecule has 0 spiro atoms. The first-order valence-corrected chi connectivity index (χ1v) is 11.7. The molecular formula is C27H25ClN2O5. The zero-order valence-corrected chi connectivity index (χ0v) is 19.8. The van der Waals surface area contributed by atoms with E-state index in [4.69, 9.17) is 21.4 Å². The van der Waals surface area contributed by atoms with Gasteiger partial charge < -0.3 is 15.2 Å². The third-order valence-corrected chi connectivity index (χ3v) is 6.39. The number of fused-ring (bicyclic) bond motifs is 3. The average molecular weight is 493 g/mol. The van der Waals surface area contributed by atoms with Gasteiger partial charge in [0.15, 0.2) is 0 Å². The fourth-order valence-corrected chi connectivity index (χ4v) is 4.45. The van der Waals surface area contributed by atoms with Gasteiger partial charge in [-0.2, -0.15) is 0 Å². The second-order valence-corrected chi connectivity index (χ2v) is 8.73. The Morgan fingerprint density at radius 3 is 2.23 bits per heavy atom. The normalized spacial score (nSPS) is 12.9. The number of amides is 2. The number of carboxylic acid groups (broad SMARTS) is 1. The summed E-state index contributed by atoms with van der Waals surface area (Å²) in [6.45, 7) is 1.94. The van der Waals surface area contributed by atoms with Crippen molar-refractivity contribution < 1.29 is 24.2 Å². The smallest absolute Gasteiger partial charge is 0.411 e. The minimum atomic E-state index is -0.995. The predicted octanol–water partition coefficient (Wildman–Crippen LogP) is 5.68. The lowest BCUT2D eigenvalue weighted by molar-refractivity contribution is -0.137. The largest absolute Gasteiger partial charge is 0.481 e. The van der Waals surface area contributed by atoms with E-state index >= 15 is 0 Å². The highest BCUT2D eigenvalue weighted by atomic mass is 35.5. The van der Waals surface area contributed by atoms with Crippen molar-refractivity contribution in [2.24, 2.45) is 0 Å². The molecule has 3 N–H and O–H groups in total. The second-order valence-electron chi connectivity index (χ2n) is 8.32. The van der Waals surface area contributed by atoms with Gasteiger partial charge in [-0.25, -0.2) is 4.79 Å². The van der Waals surface area contributed by atoms with Gasteiger partial charge in [-0.1, -0.05) is 67.1 Å². The fourth-order valence-electron chi connectivity index (χ4n) is 4.28. The van der Waals surface area contributed by atoms with E-state index in [0.717, 1.165) is 22.3 Å². The molecule has 0 aromatic heterocycles. The number of benzene rings is 3. The van der Waals surface area contributed by atoms with Crippen LogP contribution in [0, 0.1) is 0 Å². The molecule has 2 amide bonds. The minimum Gasteiger partial charge on any atom is -0.481 e. The van der Waals surface area contributed by atoms with Crippen LogP contribution in [0.25, 0.3) is 11.1 Å². The van der Waals surface area contributed by atoms with Crippen molar-refractivity contribution in [3.8, 4) is 11.1 Å². The van der Waals surface area contributed by atoms with E-state index < -0.39 is 24.0 Å². The maximum atomic E-state index is 12.6. The van der Waals surface area contributed by atoms with Gasteiger partial charge in [0, 0.05) is 17.5 Å². The van der Waals surface area contributed by atoms with Crippen molar-refractivity contribution in [2.45, 2.75) is 31.7 Å². The standard InChI is InChI=1S/C27H25ClN2O5/c1-2-17(14-25(31)32)29-26(33)16-11-12-23(28)24(13-16)30-27(34)35-15-22-20-9-5-3-7-18(20)19-8-4-6-10-21(19)22/h3-13,17,22H,2,14-15H2,1H3,(H,29,33)(H,30,34)(H,31,32). The van der Waals surface area contributed by atoms with Crippen LogP contribution < -0.4 is 10.6 Å². The lowest BCUT2D eigenvalue weighted by Crippen LogP contribution is -2.36. The Labute approximate surface area is 208 Å². The molecule has 180 valence electrons. The molecule has 7 nitrogen and oxygen atoms in total. The lowest BCUT2D eigenvalue weighted by atomic mass is 9.98. The van der Waals surface area contributed by atoms with Crippen molar-refractivity contribution in [1.82, 2.24) is 5.32 Å². The fraction of sp³-hybridized carbons (Fsp3) is 0.222. The van der Waals surface area contributed by atoms with E-state index in [1.165, 1.54) is 18.2 Å². The van der Waals surface area contributed by atoms with Crippen molar-refractivity contribution >= 4 is 35.3 Å². The minimum absolute atomic E-state index is 0.0825. The number of halogens is 1. The second kappa shape index (κ2) is 10.6. The van der Waals surface area contributed by atoms with E-state index in [0.29, 0.717) is 6.42 Å². The topological polar surface area (TPSA) is 105 Å². The highest BCUT2D eigenvalue weighted by Crippen LogP contribution is 2.44. The van der Waals surface area contributed by atoms with Crippen molar-refractivity contribution in [3.05, 3.63) is 88.4 Å². The maximum Gasteiger partial charge on any atom is 0.411 e.